The van der Waals surface area contributed by atoms with Crippen molar-refractivity contribution in [1.29, 1.82) is 0 Å². The van der Waals surface area contributed by atoms with E-state index in [1.54, 1.807) is 0 Å². The first kappa shape index (κ1) is 17.0. The second kappa shape index (κ2) is 7.79. The van der Waals surface area contributed by atoms with Gasteiger partial charge in [0, 0.05) is 25.6 Å². The van der Waals surface area contributed by atoms with Gasteiger partial charge in [0.1, 0.15) is 6.10 Å². The van der Waals surface area contributed by atoms with E-state index in [4.69, 9.17) is 4.74 Å². The average molecular weight is 330 g/mol. The van der Waals surface area contributed by atoms with Crippen molar-refractivity contribution in [2.45, 2.75) is 44.8 Å². The number of hydrogen-bond donors (Lipinski definition) is 1. The maximum Gasteiger partial charge on any atom is 0.251 e. The van der Waals surface area contributed by atoms with Crippen molar-refractivity contribution in [2.75, 3.05) is 19.7 Å². The summed E-state index contributed by atoms with van der Waals surface area (Å²) in [6, 6.07) is 9.98. The number of amides is 2. The molecule has 2 fully saturated rings. The van der Waals surface area contributed by atoms with Gasteiger partial charge in [0.05, 0.1) is 6.04 Å². The topological polar surface area (TPSA) is 58.6 Å². The molecule has 0 aromatic heterocycles. The number of carbonyl (C=O) groups excluding carboxylic acids is 2. The van der Waals surface area contributed by atoms with Crippen LogP contribution in [0.3, 0.4) is 0 Å². The summed E-state index contributed by atoms with van der Waals surface area (Å²) >= 11 is 0. The van der Waals surface area contributed by atoms with Gasteiger partial charge in [-0.25, -0.2) is 0 Å². The zero-order chi connectivity index (χ0) is 16.9. The third kappa shape index (κ3) is 3.96. The summed E-state index contributed by atoms with van der Waals surface area (Å²) in [5.74, 6) is 0.185. The van der Waals surface area contributed by atoms with Gasteiger partial charge in [-0.2, -0.15) is 0 Å². The van der Waals surface area contributed by atoms with Crippen LogP contribution < -0.4 is 5.32 Å². The van der Waals surface area contributed by atoms with E-state index < -0.39 is 0 Å². The molecule has 0 aliphatic carbocycles. The van der Waals surface area contributed by atoms with E-state index in [9.17, 15) is 9.59 Å². The molecule has 0 bridgehead atoms. The van der Waals surface area contributed by atoms with Crippen LogP contribution >= 0.6 is 0 Å². The van der Waals surface area contributed by atoms with Crippen molar-refractivity contribution in [2.24, 2.45) is 5.92 Å². The van der Waals surface area contributed by atoms with E-state index >= 15 is 0 Å². The van der Waals surface area contributed by atoms with E-state index in [1.807, 2.05) is 42.2 Å². The predicted molar refractivity (Wildman–Crippen MR) is 91.3 cm³/mol. The minimum absolute atomic E-state index is 0.00486. The summed E-state index contributed by atoms with van der Waals surface area (Å²) < 4.78 is 5.47. The standard InChI is InChI=1S/C19H26N2O3/c1-14(15-6-3-2-4-7-15)20-18(22)16-9-11-21(12-10-16)19(23)17-8-5-13-24-17/h2-4,6-7,14,16-17H,5,8-13H2,1H3,(H,20,22). The van der Waals surface area contributed by atoms with Crippen LogP contribution in [0.4, 0.5) is 0 Å². The summed E-state index contributed by atoms with van der Waals surface area (Å²) in [6.07, 6.45) is 2.99. The minimum atomic E-state index is -0.256. The van der Waals surface area contributed by atoms with Gasteiger partial charge in [-0.3, -0.25) is 9.59 Å². The van der Waals surface area contributed by atoms with E-state index in [0.717, 1.165) is 31.2 Å². The second-order valence-electron chi connectivity index (χ2n) is 6.74. The molecule has 0 spiro atoms. The fourth-order valence-electron chi connectivity index (χ4n) is 3.49. The highest BCUT2D eigenvalue weighted by Crippen LogP contribution is 2.22. The summed E-state index contributed by atoms with van der Waals surface area (Å²) in [7, 11) is 0. The Morgan fingerprint density at radius 1 is 1.17 bits per heavy atom. The molecule has 24 heavy (non-hydrogen) atoms. The van der Waals surface area contributed by atoms with Crippen molar-refractivity contribution in [1.82, 2.24) is 10.2 Å². The number of benzene rings is 1. The summed E-state index contributed by atoms with van der Waals surface area (Å²) in [5, 5.41) is 3.10. The number of ether oxygens (including phenoxy) is 1. The van der Waals surface area contributed by atoms with Gasteiger partial charge < -0.3 is 15.0 Å². The number of hydrogen-bond acceptors (Lipinski definition) is 3. The number of nitrogens with one attached hydrogen (secondary N) is 1. The Labute approximate surface area is 143 Å². The number of rotatable bonds is 4. The third-order valence-corrected chi connectivity index (χ3v) is 5.04. The molecule has 2 aliphatic rings. The summed E-state index contributed by atoms with van der Waals surface area (Å²) in [5.41, 5.74) is 1.11. The lowest BCUT2D eigenvalue weighted by Gasteiger charge is -2.33. The maximum atomic E-state index is 12.5. The first-order valence-corrected chi connectivity index (χ1v) is 8.91. The second-order valence-corrected chi connectivity index (χ2v) is 6.74. The Hall–Kier alpha value is -1.88. The number of piperidine rings is 1. The maximum absolute atomic E-state index is 12.5. The van der Waals surface area contributed by atoms with Crippen molar-refractivity contribution in [3.05, 3.63) is 35.9 Å². The van der Waals surface area contributed by atoms with Gasteiger partial charge in [-0.05, 0) is 38.2 Å². The molecule has 2 atom stereocenters. The highest BCUT2D eigenvalue weighted by molar-refractivity contribution is 5.82. The van der Waals surface area contributed by atoms with Crippen LogP contribution in [0.25, 0.3) is 0 Å². The molecule has 0 saturated carbocycles. The minimum Gasteiger partial charge on any atom is -0.368 e. The van der Waals surface area contributed by atoms with E-state index in [-0.39, 0.29) is 29.9 Å². The van der Waals surface area contributed by atoms with Crippen LogP contribution in [0, 0.1) is 5.92 Å². The SMILES string of the molecule is CC(NC(=O)C1CCN(C(=O)C2CCCO2)CC1)c1ccccc1. The van der Waals surface area contributed by atoms with E-state index in [0.29, 0.717) is 19.7 Å². The summed E-state index contributed by atoms with van der Waals surface area (Å²) in [6.45, 7) is 3.99. The molecule has 0 radical (unpaired) electrons. The van der Waals surface area contributed by atoms with Gasteiger partial charge in [0.2, 0.25) is 5.91 Å². The Kier molecular flexibility index (Phi) is 5.51. The molecular weight excluding hydrogens is 304 g/mol. The molecule has 5 heteroatoms. The van der Waals surface area contributed by atoms with E-state index in [1.165, 1.54) is 0 Å². The van der Waals surface area contributed by atoms with Crippen molar-refractivity contribution < 1.29 is 14.3 Å². The molecule has 3 rings (SSSR count). The molecule has 2 heterocycles. The Morgan fingerprint density at radius 2 is 1.88 bits per heavy atom. The molecule has 2 amide bonds. The van der Waals surface area contributed by atoms with E-state index in [2.05, 4.69) is 5.32 Å². The highest BCUT2D eigenvalue weighted by atomic mass is 16.5. The lowest BCUT2D eigenvalue weighted by atomic mass is 9.94. The first-order chi connectivity index (χ1) is 11.6. The molecule has 2 saturated heterocycles. The summed E-state index contributed by atoms with van der Waals surface area (Å²) in [4.78, 5) is 26.7. The van der Waals surface area contributed by atoms with Gasteiger partial charge in [-0.1, -0.05) is 30.3 Å². The van der Waals surface area contributed by atoms with Gasteiger partial charge in [0.25, 0.3) is 5.91 Å². The Morgan fingerprint density at radius 3 is 2.50 bits per heavy atom. The number of carbonyl (C=O) groups is 2. The molecule has 1 aromatic rings. The smallest absolute Gasteiger partial charge is 0.251 e. The number of likely N-dealkylation sites (tertiary alicyclic amines) is 1. The average Bonchev–Trinajstić information content (AvgIpc) is 3.16. The Balaban J connectivity index is 1.47. The van der Waals surface area contributed by atoms with Crippen LogP contribution in [0.2, 0.25) is 0 Å². The van der Waals surface area contributed by atoms with Crippen LogP contribution in [-0.2, 0) is 14.3 Å². The first-order valence-electron chi connectivity index (χ1n) is 8.91. The molecule has 1 aromatic carbocycles. The van der Waals surface area contributed by atoms with Gasteiger partial charge in [0.15, 0.2) is 0 Å². The molecule has 1 N–H and O–H groups in total. The fourth-order valence-corrected chi connectivity index (χ4v) is 3.49. The zero-order valence-electron chi connectivity index (χ0n) is 14.2. The fraction of sp³-hybridized carbons (Fsp3) is 0.579. The molecule has 2 aliphatic heterocycles. The van der Waals surface area contributed by atoms with Crippen LogP contribution in [-0.4, -0.2) is 42.5 Å². The third-order valence-electron chi connectivity index (χ3n) is 5.04. The van der Waals surface area contributed by atoms with Gasteiger partial charge in [-0.15, -0.1) is 0 Å². The number of nitrogens with zero attached hydrogens (tertiary/aromatic N) is 1. The van der Waals surface area contributed by atoms with Crippen LogP contribution in [0.1, 0.15) is 44.2 Å². The van der Waals surface area contributed by atoms with Crippen molar-refractivity contribution in [3.63, 3.8) is 0 Å². The zero-order valence-corrected chi connectivity index (χ0v) is 14.2. The largest absolute Gasteiger partial charge is 0.368 e. The normalized spacial score (nSPS) is 23.0. The molecule has 5 nitrogen and oxygen atoms in total. The highest BCUT2D eigenvalue weighted by Gasteiger charge is 2.32. The Bertz CT molecular complexity index is 561. The monoisotopic (exact) mass is 330 g/mol. The van der Waals surface area contributed by atoms with Crippen molar-refractivity contribution >= 4 is 11.8 Å². The lowest BCUT2D eigenvalue weighted by Crippen LogP contribution is -2.46. The molecule has 130 valence electrons. The van der Waals surface area contributed by atoms with Crippen LogP contribution in [0.5, 0.6) is 0 Å². The van der Waals surface area contributed by atoms with Crippen molar-refractivity contribution in [3.8, 4) is 0 Å². The predicted octanol–water partition coefficient (Wildman–Crippen LogP) is 2.28. The lowest BCUT2D eigenvalue weighted by molar-refractivity contribution is -0.143. The van der Waals surface area contributed by atoms with Gasteiger partial charge >= 0.3 is 0 Å². The molecular formula is C19H26N2O3. The quantitative estimate of drug-likeness (QED) is 0.921. The molecule has 2 unspecified atom stereocenters. The van der Waals surface area contributed by atoms with Crippen LogP contribution in [0.15, 0.2) is 30.3 Å².